The molecular formula is C18H19N3O2. The molecule has 23 heavy (non-hydrogen) atoms. The Balaban J connectivity index is 1.93. The molecule has 5 nitrogen and oxygen atoms in total. The Morgan fingerprint density at radius 1 is 1.22 bits per heavy atom. The third-order valence-corrected chi connectivity index (χ3v) is 4.79. The van der Waals surface area contributed by atoms with E-state index in [-0.39, 0.29) is 5.69 Å². The number of aromatic carboxylic acids is 1. The summed E-state index contributed by atoms with van der Waals surface area (Å²) >= 11 is 0. The van der Waals surface area contributed by atoms with Crippen LogP contribution in [0.2, 0.25) is 0 Å². The topological polar surface area (TPSA) is 69.2 Å². The van der Waals surface area contributed by atoms with E-state index in [1.165, 1.54) is 24.9 Å². The molecule has 0 atom stereocenters. The first-order valence-corrected chi connectivity index (χ1v) is 8.04. The molecule has 0 bridgehead atoms. The smallest absolute Gasteiger partial charge is 0.354 e. The van der Waals surface area contributed by atoms with E-state index in [9.17, 15) is 9.90 Å². The van der Waals surface area contributed by atoms with Crippen LogP contribution in [0.15, 0.2) is 24.4 Å². The number of aromatic amines is 1. The molecule has 0 amide bonds. The van der Waals surface area contributed by atoms with E-state index in [0.717, 1.165) is 40.5 Å². The van der Waals surface area contributed by atoms with Crippen LogP contribution in [0.1, 0.15) is 35.3 Å². The highest BCUT2D eigenvalue weighted by atomic mass is 16.4. The molecule has 1 fully saturated rings. The molecule has 0 saturated carbocycles. The number of H-pyrrole nitrogens is 1. The van der Waals surface area contributed by atoms with Crippen LogP contribution in [0.5, 0.6) is 0 Å². The first kappa shape index (κ1) is 14.1. The molecule has 2 aromatic heterocycles. The van der Waals surface area contributed by atoms with Crippen LogP contribution in [0.25, 0.3) is 21.8 Å². The van der Waals surface area contributed by atoms with Gasteiger partial charge < -0.3 is 15.0 Å². The van der Waals surface area contributed by atoms with E-state index in [1.807, 2.05) is 6.92 Å². The third-order valence-electron chi connectivity index (χ3n) is 4.79. The summed E-state index contributed by atoms with van der Waals surface area (Å²) in [5.74, 6) is -0.981. The van der Waals surface area contributed by atoms with Crippen LogP contribution in [-0.4, -0.2) is 34.1 Å². The Labute approximate surface area is 133 Å². The number of hydrogen-bond acceptors (Lipinski definition) is 3. The average molecular weight is 309 g/mol. The minimum atomic E-state index is -0.981. The fourth-order valence-corrected chi connectivity index (χ4v) is 3.61. The average Bonchev–Trinajstić information content (AvgIpc) is 2.94. The number of benzene rings is 1. The van der Waals surface area contributed by atoms with E-state index >= 15 is 0 Å². The third kappa shape index (κ3) is 2.23. The zero-order chi connectivity index (χ0) is 16.0. The summed E-state index contributed by atoms with van der Waals surface area (Å²) in [7, 11) is 0. The zero-order valence-electron chi connectivity index (χ0n) is 13.1. The molecule has 1 aromatic carbocycles. The van der Waals surface area contributed by atoms with Gasteiger partial charge in [-0.1, -0.05) is 0 Å². The molecule has 0 unspecified atom stereocenters. The number of pyridine rings is 1. The quantitative estimate of drug-likeness (QED) is 0.757. The van der Waals surface area contributed by atoms with E-state index in [1.54, 1.807) is 6.20 Å². The second kappa shape index (κ2) is 5.26. The molecule has 3 heterocycles. The van der Waals surface area contributed by atoms with Crippen molar-refractivity contribution in [2.75, 3.05) is 18.0 Å². The second-order valence-corrected chi connectivity index (χ2v) is 6.23. The number of nitrogens with zero attached hydrogens (tertiary/aromatic N) is 2. The highest BCUT2D eigenvalue weighted by Gasteiger charge is 2.17. The molecule has 118 valence electrons. The predicted molar refractivity (Wildman–Crippen MR) is 91.4 cm³/mol. The highest BCUT2D eigenvalue weighted by molar-refractivity contribution is 6.11. The largest absolute Gasteiger partial charge is 0.477 e. The van der Waals surface area contributed by atoms with E-state index in [0.29, 0.717) is 0 Å². The van der Waals surface area contributed by atoms with Gasteiger partial charge in [0.25, 0.3) is 0 Å². The lowest BCUT2D eigenvalue weighted by molar-refractivity contribution is 0.0690. The van der Waals surface area contributed by atoms with Gasteiger partial charge in [-0.05, 0) is 49.9 Å². The Morgan fingerprint density at radius 2 is 2.00 bits per heavy atom. The second-order valence-electron chi connectivity index (χ2n) is 6.23. The number of hydrogen-bond donors (Lipinski definition) is 2. The SMILES string of the molecule is Cc1c(C(=O)O)ncc2[nH]c3ccc(N4CCCCC4)cc3c12. The number of carbonyl (C=O) groups is 1. The van der Waals surface area contributed by atoms with Crippen LogP contribution in [0.3, 0.4) is 0 Å². The fourth-order valence-electron chi connectivity index (χ4n) is 3.61. The Morgan fingerprint density at radius 3 is 2.74 bits per heavy atom. The van der Waals surface area contributed by atoms with Gasteiger partial charge in [0.15, 0.2) is 5.69 Å². The Hall–Kier alpha value is -2.56. The normalized spacial score (nSPS) is 15.4. The van der Waals surface area contributed by atoms with Crippen molar-refractivity contribution in [3.05, 3.63) is 35.7 Å². The minimum absolute atomic E-state index is 0.127. The van der Waals surface area contributed by atoms with Crippen LogP contribution in [0.4, 0.5) is 5.69 Å². The molecule has 1 aliphatic rings. The van der Waals surface area contributed by atoms with Gasteiger partial charge in [0, 0.05) is 35.1 Å². The monoisotopic (exact) mass is 309 g/mol. The van der Waals surface area contributed by atoms with E-state index < -0.39 is 5.97 Å². The van der Waals surface area contributed by atoms with Gasteiger partial charge in [-0.15, -0.1) is 0 Å². The number of aromatic nitrogens is 2. The number of aryl methyl sites for hydroxylation is 1. The number of carboxylic acid groups (broad SMARTS) is 1. The van der Waals surface area contributed by atoms with Gasteiger partial charge in [-0.2, -0.15) is 0 Å². The van der Waals surface area contributed by atoms with Crippen molar-refractivity contribution < 1.29 is 9.90 Å². The summed E-state index contributed by atoms with van der Waals surface area (Å²) in [5.41, 5.74) is 3.97. The van der Waals surface area contributed by atoms with E-state index in [2.05, 4.69) is 33.1 Å². The number of anilines is 1. The van der Waals surface area contributed by atoms with Crippen LogP contribution in [-0.2, 0) is 0 Å². The zero-order valence-corrected chi connectivity index (χ0v) is 13.1. The summed E-state index contributed by atoms with van der Waals surface area (Å²) < 4.78 is 0. The van der Waals surface area contributed by atoms with Crippen molar-refractivity contribution >= 4 is 33.5 Å². The molecule has 0 aliphatic carbocycles. The lowest BCUT2D eigenvalue weighted by Gasteiger charge is -2.28. The molecule has 2 N–H and O–H groups in total. The molecule has 0 radical (unpaired) electrons. The van der Waals surface area contributed by atoms with Crippen LogP contribution >= 0.6 is 0 Å². The lowest BCUT2D eigenvalue weighted by atomic mass is 10.0. The molecule has 5 heteroatoms. The minimum Gasteiger partial charge on any atom is -0.477 e. The van der Waals surface area contributed by atoms with Crippen LogP contribution < -0.4 is 4.90 Å². The van der Waals surface area contributed by atoms with Crippen molar-refractivity contribution in [1.29, 1.82) is 0 Å². The van der Waals surface area contributed by atoms with Gasteiger partial charge in [0.2, 0.25) is 0 Å². The van der Waals surface area contributed by atoms with Gasteiger partial charge in [0.05, 0.1) is 11.7 Å². The van der Waals surface area contributed by atoms with Crippen LogP contribution in [0, 0.1) is 6.92 Å². The summed E-state index contributed by atoms with van der Waals surface area (Å²) in [5, 5.41) is 11.4. The predicted octanol–water partition coefficient (Wildman–Crippen LogP) is 3.71. The maximum absolute atomic E-state index is 11.4. The molecular weight excluding hydrogens is 290 g/mol. The summed E-state index contributed by atoms with van der Waals surface area (Å²) in [4.78, 5) is 21.2. The molecule has 4 rings (SSSR count). The fraction of sp³-hybridized carbons (Fsp3) is 0.333. The summed E-state index contributed by atoms with van der Waals surface area (Å²) in [6.07, 6.45) is 5.39. The maximum atomic E-state index is 11.4. The van der Waals surface area contributed by atoms with Crippen molar-refractivity contribution in [2.24, 2.45) is 0 Å². The number of carboxylic acids is 1. The lowest BCUT2D eigenvalue weighted by Crippen LogP contribution is -2.29. The first-order valence-electron chi connectivity index (χ1n) is 8.04. The van der Waals surface area contributed by atoms with Gasteiger partial charge >= 0.3 is 5.97 Å². The number of fused-ring (bicyclic) bond motifs is 3. The maximum Gasteiger partial charge on any atom is 0.354 e. The number of rotatable bonds is 2. The van der Waals surface area contributed by atoms with Gasteiger partial charge in [0.1, 0.15) is 0 Å². The summed E-state index contributed by atoms with van der Waals surface area (Å²) in [6.45, 7) is 4.02. The molecule has 0 spiro atoms. The standard InChI is InChI=1S/C18H19N3O2/c1-11-16-13-9-12(21-7-3-2-4-8-21)5-6-14(13)20-15(16)10-19-17(11)18(22)23/h5-6,9-10,20H,2-4,7-8H2,1H3,(H,22,23). The number of nitrogens with one attached hydrogen (secondary N) is 1. The van der Waals surface area contributed by atoms with Crippen molar-refractivity contribution in [2.45, 2.75) is 26.2 Å². The molecule has 1 saturated heterocycles. The van der Waals surface area contributed by atoms with Crippen molar-refractivity contribution in [3.8, 4) is 0 Å². The first-order chi connectivity index (χ1) is 11.1. The molecule has 1 aliphatic heterocycles. The summed E-state index contributed by atoms with van der Waals surface area (Å²) in [6, 6.07) is 6.40. The van der Waals surface area contributed by atoms with E-state index in [4.69, 9.17) is 0 Å². The van der Waals surface area contributed by atoms with Gasteiger partial charge in [-0.25, -0.2) is 9.78 Å². The van der Waals surface area contributed by atoms with Gasteiger partial charge in [-0.3, -0.25) is 0 Å². The Kier molecular flexibility index (Phi) is 3.22. The highest BCUT2D eigenvalue weighted by Crippen LogP contribution is 2.32. The molecule has 3 aromatic rings. The Bertz CT molecular complexity index is 907. The number of piperidine rings is 1. The van der Waals surface area contributed by atoms with Crippen molar-refractivity contribution in [1.82, 2.24) is 9.97 Å². The van der Waals surface area contributed by atoms with Crippen molar-refractivity contribution in [3.63, 3.8) is 0 Å².